The summed E-state index contributed by atoms with van der Waals surface area (Å²) in [6.45, 7) is 4.60. The van der Waals surface area contributed by atoms with E-state index in [4.69, 9.17) is 5.11 Å². The molecule has 5 rings (SSSR count). The van der Waals surface area contributed by atoms with E-state index in [-0.39, 0.29) is 17.0 Å². The van der Waals surface area contributed by atoms with Gasteiger partial charge >= 0.3 is 5.97 Å². The number of aromatic nitrogens is 2. The molecular weight excluding hydrogens is 469 g/mol. The summed E-state index contributed by atoms with van der Waals surface area (Å²) in [6.07, 6.45) is 8.24. The van der Waals surface area contributed by atoms with Crippen LogP contribution >= 0.6 is 0 Å². The summed E-state index contributed by atoms with van der Waals surface area (Å²) >= 11 is 0. The van der Waals surface area contributed by atoms with E-state index in [0.29, 0.717) is 35.8 Å². The maximum Gasteiger partial charge on any atom is 0.335 e. The van der Waals surface area contributed by atoms with E-state index >= 15 is 0 Å². The fourth-order valence-corrected chi connectivity index (χ4v) is 4.62. The second-order valence-corrected chi connectivity index (χ2v) is 9.45. The molecule has 0 atom stereocenters. The number of hydrogen-bond donors (Lipinski definition) is 2. The minimum atomic E-state index is -1.19. The Morgan fingerprint density at radius 3 is 2.62 bits per heavy atom. The van der Waals surface area contributed by atoms with E-state index in [1.807, 2.05) is 25.1 Å². The van der Waals surface area contributed by atoms with Crippen molar-refractivity contribution in [3.8, 4) is 11.3 Å². The lowest BCUT2D eigenvalue weighted by Gasteiger charge is -2.11. The number of nitrogens with zero attached hydrogens (tertiary/aromatic N) is 2. The molecule has 7 heteroatoms. The highest BCUT2D eigenvalue weighted by Crippen LogP contribution is 2.42. The number of halogens is 1. The van der Waals surface area contributed by atoms with E-state index in [0.717, 1.165) is 24.5 Å². The number of fused-ring (bicyclic) bond motifs is 1. The largest absolute Gasteiger partial charge is 0.478 e. The Morgan fingerprint density at radius 1 is 1.14 bits per heavy atom. The first kappa shape index (κ1) is 24.4. The highest BCUT2D eigenvalue weighted by atomic mass is 19.1. The zero-order valence-electron chi connectivity index (χ0n) is 20.8. The van der Waals surface area contributed by atoms with Crippen LogP contribution in [0.1, 0.15) is 70.0 Å². The van der Waals surface area contributed by atoms with Gasteiger partial charge in [0.2, 0.25) is 0 Å². The van der Waals surface area contributed by atoms with E-state index in [1.165, 1.54) is 28.8 Å². The van der Waals surface area contributed by atoms with Gasteiger partial charge in [-0.3, -0.25) is 4.79 Å². The van der Waals surface area contributed by atoms with Gasteiger partial charge in [-0.15, -0.1) is 0 Å². The van der Waals surface area contributed by atoms with Crippen molar-refractivity contribution >= 4 is 23.1 Å². The fraction of sp³-hybridized carbons (Fsp3) is 0.233. The van der Waals surface area contributed by atoms with Crippen molar-refractivity contribution in [3.05, 3.63) is 101 Å². The molecule has 2 N–H and O–H groups in total. The lowest BCUT2D eigenvalue weighted by molar-refractivity contribution is 0.0696. The third-order valence-electron chi connectivity index (χ3n) is 6.91. The van der Waals surface area contributed by atoms with Gasteiger partial charge in [0.25, 0.3) is 5.91 Å². The van der Waals surface area contributed by atoms with Crippen molar-refractivity contribution in [2.45, 2.75) is 39.0 Å². The van der Waals surface area contributed by atoms with Crippen molar-refractivity contribution in [2.75, 3.05) is 6.54 Å². The number of carboxylic acid groups (broad SMARTS) is 1. The SMILES string of the molecule is C/C=C(/C)c1ccccc1CCNC(=O)c1cc(C2CC2)c2nc(-c3ccc(C(=O)O)cc3F)cn2c1. The molecular formula is C30H28FN3O3. The van der Waals surface area contributed by atoms with Gasteiger partial charge in [0.1, 0.15) is 11.5 Å². The van der Waals surface area contributed by atoms with Gasteiger partial charge < -0.3 is 14.8 Å². The molecule has 1 amide bonds. The van der Waals surface area contributed by atoms with Crippen LogP contribution < -0.4 is 5.32 Å². The number of carbonyl (C=O) groups excluding carboxylic acids is 1. The van der Waals surface area contributed by atoms with Crippen molar-refractivity contribution in [2.24, 2.45) is 0 Å². The summed E-state index contributed by atoms with van der Waals surface area (Å²) in [6, 6.07) is 13.9. The molecule has 0 saturated heterocycles. The van der Waals surface area contributed by atoms with Crippen LogP contribution in [0.3, 0.4) is 0 Å². The van der Waals surface area contributed by atoms with Gasteiger partial charge in [-0.25, -0.2) is 14.2 Å². The zero-order valence-corrected chi connectivity index (χ0v) is 20.8. The number of carboxylic acids is 1. The third kappa shape index (κ3) is 5.03. The monoisotopic (exact) mass is 497 g/mol. The first-order valence-electron chi connectivity index (χ1n) is 12.4. The quantitative estimate of drug-likeness (QED) is 0.308. The lowest BCUT2D eigenvalue weighted by Crippen LogP contribution is -2.26. The van der Waals surface area contributed by atoms with Gasteiger partial charge in [-0.2, -0.15) is 0 Å². The summed E-state index contributed by atoms with van der Waals surface area (Å²) in [5, 5.41) is 12.2. The molecule has 1 fully saturated rings. The molecule has 37 heavy (non-hydrogen) atoms. The van der Waals surface area contributed by atoms with Gasteiger partial charge in [0, 0.05) is 24.5 Å². The molecule has 1 aliphatic rings. The summed E-state index contributed by atoms with van der Waals surface area (Å²) in [7, 11) is 0. The molecule has 188 valence electrons. The Labute approximate surface area is 214 Å². The Hall–Kier alpha value is -4.26. The number of nitrogens with one attached hydrogen (secondary N) is 1. The van der Waals surface area contributed by atoms with Crippen LogP contribution in [0.15, 0.2) is 67.0 Å². The normalized spacial score (nSPS) is 13.6. The Morgan fingerprint density at radius 2 is 1.92 bits per heavy atom. The van der Waals surface area contributed by atoms with E-state index < -0.39 is 11.8 Å². The van der Waals surface area contributed by atoms with Crippen LogP contribution in [0.25, 0.3) is 22.5 Å². The van der Waals surface area contributed by atoms with Gasteiger partial charge in [-0.1, -0.05) is 30.3 Å². The highest BCUT2D eigenvalue weighted by molar-refractivity contribution is 5.95. The molecule has 6 nitrogen and oxygen atoms in total. The van der Waals surface area contributed by atoms with Crippen molar-refractivity contribution in [1.82, 2.24) is 14.7 Å². The second-order valence-electron chi connectivity index (χ2n) is 9.45. The predicted octanol–water partition coefficient (Wildman–Crippen LogP) is 6.11. The summed E-state index contributed by atoms with van der Waals surface area (Å²) in [5.41, 5.74) is 6.24. The number of rotatable bonds is 8. The van der Waals surface area contributed by atoms with Crippen LogP contribution in [-0.4, -0.2) is 32.9 Å². The van der Waals surface area contributed by atoms with Crippen molar-refractivity contribution < 1.29 is 19.1 Å². The van der Waals surface area contributed by atoms with Gasteiger partial charge in [-0.05, 0) is 85.6 Å². The van der Waals surface area contributed by atoms with Crippen molar-refractivity contribution in [3.63, 3.8) is 0 Å². The second kappa shape index (κ2) is 10.0. The molecule has 0 bridgehead atoms. The number of imidazole rings is 1. The third-order valence-corrected chi connectivity index (χ3v) is 6.91. The van der Waals surface area contributed by atoms with Crippen LogP contribution in [-0.2, 0) is 6.42 Å². The number of benzene rings is 2. The average molecular weight is 498 g/mol. The standard InChI is InChI=1S/C30H28FN3O3/c1-3-18(2)23-7-5-4-6-19(23)12-13-32-29(35)22-14-25(20-8-9-20)28-33-27(17-34(28)16-22)24-11-10-21(30(36)37)15-26(24)31/h3-7,10-11,14-17,20H,8-9,12-13H2,1-2H3,(H,32,35)(H,36,37)/b18-3-. The molecule has 0 spiro atoms. The molecule has 0 unspecified atom stereocenters. The van der Waals surface area contributed by atoms with Crippen LogP contribution in [0.4, 0.5) is 4.39 Å². The Balaban J connectivity index is 1.40. The number of amides is 1. The maximum absolute atomic E-state index is 14.7. The predicted molar refractivity (Wildman–Crippen MR) is 141 cm³/mol. The van der Waals surface area contributed by atoms with E-state index in [1.54, 1.807) is 16.8 Å². The van der Waals surface area contributed by atoms with Crippen LogP contribution in [0.5, 0.6) is 0 Å². The number of allylic oxidation sites excluding steroid dienone is 2. The lowest BCUT2D eigenvalue weighted by atomic mass is 9.98. The average Bonchev–Trinajstić information content (AvgIpc) is 3.66. The molecule has 2 aromatic carbocycles. The number of pyridine rings is 1. The molecule has 1 aliphatic carbocycles. The smallest absolute Gasteiger partial charge is 0.335 e. The first-order valence-corrected chi connectivity index (χ1v) is 12.4. The van der Waals surface area contributed by atoms with Gasteiger partial charge in [0.05, 0.1) is 16.8 Å². The maximum atomic E-state index is 14.7. The minimum Gasteiger partial charge on any atom is -0.478 e. The van der Waals surface area contributed by atoms with Gasteiger partial charge in [0.15, 0.2) is 0 Å². The molecule has 1 saturated carbocycles. The first-order chi connectivity index (χ1) is 17.9. The number of hydrogen-bond acceptors (Lipinski definition) is 3. The molecule has 0 aliphatic heterocycles. The number of carbonyl (C=O) groups is 2. The van der Waals surface area contributed by atoms with Crippen LogP contribution in [0.2, 0.25) is 0 Å². The Bertz CT molecular complexity index is 1550. The topological polar surface area (TPSA) is 83.7 Å². The van der Waals surface area contributed by atoms with Crippen molar-refractivity contribution in [1.29, 1.82) is 0 Å². The fourth-order valence-electron chi connectivity index (χ4n) is 4.62. The molecule has 2 heterocycles. The highest BCUT2D eigenvalue weighted by Gasteiger charge is 2.28. The van der Waals surface area contributed by atoms with E-state index in [2.05, 4.69) is 35.4 Å². The summed E-state index contributed by atoms with van der Waals surface area (Å²) in [5.74, 6) is -1.69. The molecule has 4 aromatic rings. The minimum absolute atomic E-state index is 0.119. The van der Waals surface area contributed by atoms with E-state index in [9.17, 15) is 14.0 Å². The number of aromatic carboxylic acids is 1. The Kier molecular flexibility index (Phi) is 6.61. The summed E-state index contributed by atoms with van der Waals surface area (Å²) in [4.78, 5) is 28.9. The zero-order chi connectivity index (χ0) is 26.1. The van der Waals surface area contributed by atoms with Crippen LogP contribution in [0, 0.1) is 5.82 Å². The summed E-state index contributed by atoms with van der Waals surface area (Å²) < 4.78 is 16.5. The molecule has 2 aromatic heterocycles. The molecule has 0 radical (unpaired) electrons.